The van der Waals surface area contributed by atoms with Crippen LogP contribution in [0, 0.1) is 11.3 Å². The lowest BCUT2D eigenvalue weighted by Gasteiger charge is -2.06. The fraction of sp³-hybridized carbons (Fsp3) is 0.154. The van der Waals surface area contributed by atoms with Gasteiger partial charge in [0, 0.05) is 10.9 Å². The number of aliphatic hydroxyl groups excluding tert-OH is 1. The summed E-state index contributed by atoms with van der Waals surface area (Å²) in [6.07, 6.45) is 0. The molecule has 2 aromatic carbocycles. The number of nitriles is 1. The first-order valence-electron chi connectivity index (χ1n) is 10.9. The van der Waals surface area contributed by atoms with Crippen LogP contribution in [0.4, 0.5) is 0 Å². The number of nitrogens with zero attached hydrogens (tertiary/aromatic N) is 3. The number of hydrogen-bond donors (Lipinski definition) is 2. The van der Waals surface area contributed by atoms with Gasteiger partial charge in [-0.3, -0.25) is 4.79 Å². The first-order chi connectivity index (χ1) is 16.9. The Balaban J connectivity index is 1.41. The van der Waals surface area contributed by atoms with E-state index in [0.29, 0.717) is 26.3 Å². The van der Waals surface area contributed by atoms with Crippen LogP contribution in [-0.4, -0.2) is 25.8 Å². The van der Waals surface area contributed by atoms with Crippen LogP contribution in [0.15, 0.2) is 69.6 Å². The van der Waals surface area contributed by atoms with Crippen molar-refractivity contribution < 1.29 is 5.11 Å². The van der Waals surface area contributed by atoms with Crippen molar-refractivity contribution >= 4 is 60.4 Å². The fourth-order valence-electron chi connectivity index (χ4n) is 3.68. The summed E-state index contributed by atoms with van der Waals surface area (Å²) in [7, 11) is 0. The molecule has 0 aliphatic heterocycles. The van der Waals surface area contributed by atoms with Crippen LogP contribution in [0.1, 0.15) is 30.3 Å². The van der Waals surface area contributed by atoms with Gasteiger partial charge in [0.15, 0.2) is 5.16 Å². The zero-order valence-electron chi connectivity index (χ0n) is 18.9. The lowest BCUT2D eigenvalue weighted by molar-refractivity contribution is 0.420. The predicted molar refractivity (Wildman–Crippen MR) is 145 cm³/mol. The molecule has 35 heavy (non-hydrogen) atoms. The maximum atomic E-state index is 12.9. The topological polar surface area (TPSA) is 103 Å². The Morgan fingerprint density at radius 1 is 1.17 bits per heavy atom. The molecule has 0 fully saturated rings. The van der Waals surface area contributed by atoms with E-state index in [0.717, 1.165) is 21.3 Å². The molecule has 0 spiro atoms. The van der Waals surface area contributed by atoms with Gasteiger partial charge in [-0.25, -0.2) is 9.97 Å². The predicted octanol–water partition coefficient (Wildman–Crippen LogP) is 6.97. The third kappa shape index (κ3) is 4.60. The van der Waals surface area contributed by atoms with Crippen molar-refractivity contribution in [1.82, 2.24) is 15.0 Å². The first kappa shape index (κ1) is 23.3. The van der Waals surface area contributed by atoms with E-state index >= 15 is 0 Å². The summed E-state index contributed by atoms with van der Waals surface area (Å²) in [6.45, 7) is 4.29. The van der Waals surface area contributed by atoms with Gasteiger partial charge >= 0.3 is 0 Å². The summed E-state index contributed by atoms with van der Waals surface area (Å²) >= 11 is 3.94. The van der Waals surface area contributed by atoms with Gasteiger partial charge in [0.05, 0.1) is 21.4 Å². The third-order valence-corrected chi connectivity index (χ3v) is 8.38. The molecule has 9 heteroatoms. The number of fused-ring (bicyclic) bond motifs is 2. The molecule has 0 saturated heterocycles. The SMILES string of the molecule is CC(C)c1ccc(-c2csc3nc(SC/C(O)=C(\C#N)c4nc5ccccc5s4)[nH]c(=O)c23)cc1. The molecule has 6 nitrogen and oxygen atoms in total. The smallest absolute Gasteiger partial charge is 0.260 e. The molecule has 174 valence electrons. The van der Waals surface area contributed by atoms with Gasteiger partial charge in [-0.05, 0) is 29.2 Å². The Morgan fingerprint density at radius 3 is 2.66 bits per heavy atom. The molecule has 0 saturated carbocycles. The van der Waals surface area contributed by atoms with Crippen LogP contribution in [0.25, 0.3) is 37.1 Å². The number of para-hydroxylation sites is 1. The normalized spacial score (nSPS) is 12.3. The summed E-state index contributed by atoms with van der Waals surface area (Å²) in [5, 5.41) is 23.6. The van der Waals surface area contributed by atoms with Crippen LogP contribution in [-0.2, 0) is 0 Å². The highest BCUT2D eigenvalue weighted by Gasteiger charge is 2.17. The lowest BCUT2D eigenvalue weighted by Crippen LogP contribution is -2.09. The van der Waals surface area contributed by atoms with Gasteiger partial charge < -0.3 is 10.1 Å². The second kappa shape index (κ2) is 9.66. The van der Waals surface area contributed by atoms with E-state index in [9.17, 15) is 15.2 Å². The minimum atomic E-state index is -0.225. The van der Waals surface area contributed by atoms with Crippen LogP contribution in [0.5, 0.6) is 0 Å². The molecule has 3 aromatic heterocycles. The molecular formula is C26H20N4O2S3. The van der Waals surface area contributed by atoms with Crippen molar-refractivity contribution in [2.24, 2.45) is 0 Å². The van der Waals surface area contributed by atoms with E-state index in [4.69, 9.17) is 0 Å². The van der Waals surface area contributed by atoms with Crippen molar-refractivity contribution in [3.05, 3.63) is 80.6 Å². The molecular weight excluding hydrogens is 497 g/mol. The van der Waals surface area contributed by atoms with Gasteiger partial charge in [-0.2, -0.15) is 5.26 Å². The average Bonchev–Trinajstić information content (AvgIpc) is 3.48. The number of thioether (sulfide) groups is 1. The molecule has 0 aliphatic rings. The summed E-state index contributed by atoms with van der Waals surface area (Å²) in [5.74, 6) is 0.424. The Kier molecular flexibility index (Phi) is 6.43. The Labute approximate surface area is 213 Å². The van der Waals surface area contributed by atoms with Gasteiger partial charge in [0.2, 0.25) is 0 Å². The molecule has 0 radical (unpaired) electrons. The maximum absolute atomic E-state index is 12.9. The van der Waals surface area contributed by atoms with E-state index in [1.165, 1.54) is 40.0 Å². The second-order valence-corrected chi connectivity index (χ2v) is 11.0. The molecule has 5 rings (SSSR count). The van der Waals surface area contributed by atoms with Crippen molar-refractivity contribution in [2.45, 2.75) is 24.9 Å². The molecule has 0 aliphatic carbocycles. The van der Waals surface area contributed by atoms with Crippen molar-refractivity contribution in [3.63, 3.8) is 0 Å². The van der Waals surface area contributed by atoms with Crippen LogP contribution >= 0.6 is 34.4 Å². The fourth-order valence-corrected chi connectivity index (χ4v) is 6.41. The molecule has 3 heterocycles. The van der Waals surface area contributed by atoms with E-state index in [1.54, 1.807) is 0 Å². The Hall–Kier alpha value is -3.45. The summed E-state index contributed by atoms with van der Waals surface area (Å²) < 4.78 is 0.944. The van der Waals surface area contributed by atoms with E-state index in [1.807, 2.05) is 41.8 Å². The monoisotopic (exact) mass is 516 g/mol. The summed E-state index contributed by atoms with van der Waals surface area (Å²) in [6, 6.07) is 17.9. The molecule has 2 N–H and O–H groups in total. The highest BCUT2D eigenvalue weighted by Crippen LogP contribution is 2.33. The highest BCUT2D eigenvalue weighted by atomic mass is 32.2. The van der Waals surface area contributed by atoms with Crippen LogP contribution in [0.3, 0.4) is 0 Å². The van der Waals surface area contributed by atoms with Gasteiger partial charge in [-0.15, -0.1) is 22.7 Å². The number of benzene rings is 2. The summed E-state index contributed by atoms with van der Waals surface area (Å²) in [5.41, 5.74) is 3.76. The molecule has 5 aromatic rings. The van der Waals surface area contributed by atoms with Crippen molar-refractivity contribution in [1.29, 1.82) is 5.26 Å². The minimum Gasteiger partial charge on any atom is -0.510 e. The number of hydrogen-bond acceptors (Lipinski definition) is 8. The maximum Gasteiger partial charge on any atom is 0.260 e. The van der Waals surface area contributed by atoms with Gasteiger partial charge in [-0.1, -0.05) is 62.0 Å². The Morgan fingerprint density at radius 2 is 1.94 bits per heavy atom. The van der Waals surface area contributed by atoms with Crippen LogP contribution < -0.4 is 5.56 Å². The number of H-pyrrole nitrogens is 1. The molecule has 0 bridgehead atoms. The average molecular weight is 517 g/mol. The third-order valence-electron chi connectivity index (χ3n) is 5.56. The van der Waals surface area contributed by atoms with Crippen molar-refractivity contribution in [3.8, 4) is 17.2 Å². The number of rotatable bonds is 6. The van der Waals surface area contributed by atoms with E-state index < -0.39 is 0 Å². The molecule has 0 atom stereocenters. The molecule has 0 amide bonds. The number of thiazole rings is 1. The molecule has 0 unspecified atom stereocenters. The first-order valence-corrected chi connectivity index (χ1v) is 13.6. The zero-order chi connectivity index (χ0) is 24.5. The van der Waals surface area contributed by atoms with E-state index in [2.05, 4.69) is 47.0 Å². The minimum absolute atomic E-state index is 0.0855. The van der Waals surface area contributed by atoms with E-state index in [-0.39, 0.29) is 22.6 Å². The zero-order valence-corrected chi connectivity index (χ0v) is 21.4. The Bertz CT molecular complexity index is 1640. The number of thiophene rings is 1. The standard InChI is InChI=1S/C26H20N4O2S3/c1-14(2)15-7-9-16(10-8-15)18-12-33-25-22(18)23(32)29-26(30-25)34-13-20(31)17(11-27)24-28-19-5-3-4-6-21(19)35-24/h3-10,12,14,31H,13H2,1-2H3,(H,29,30,32)/b20-17-. The summed E-state index contributed by atoms with van der Waals surface area (Å²) in [4.78, 5) is 25.5. The number of allylic oxidation sites excluding steroid dienone is 1. The van der Waals surface area contributed by atoms with Gasteiger partial charge in [0.1, 0.15) is 27.2 Å². The van der Waals surface area contributed by atoms with Crippen LogP contribution in [0.2, 0.25) is 0 Å². The number of nitrogens with one attached hydrogen (secondary N) is 1. The highest BCUT2D eigenvalue weighted by molar-refractivity contribution is 7.99. The van der Waals surface area contributed by atoms with Crippen molar-refractivity contribution in [2.75, 3.05) is 5.75 Å². The number of aromatic nitrogens is 3. The number of aliphatic hydroxyl groups is 1. The van der Waals surface area contributed by atoms with Gasteiger partial charge in [0.25, 0.3) is 5.56 Å². The second-order valence-electron chi connectivity index (χ2n) is 8.19. The lowest BCUT2D eigenvalue weighted by atomic mass is 9.99. The number of aromatic amines is 1. The quantitative estimate of drug-likeness (QED) is 0.109. The largest absolute Gasteiger partial charge is 0.510 e.